The van der Waals surface area contributed by atoms with Crippen LogP contribution in [0, 0.1) is 5.92 Å². The fourth-order valence-electron chi connectivity index (χ4n) is 3.06. The van der Waals surface area contributed by atoms with Gasteiger partial charge in [-0.05, 0) is 37.1 Å². The van der Waals surface area contributed by atoms with Crippen molar-refractivity contribution in [3.05, 3.63) is 41.5 Å². The van der Waals surface area contributed by atoms with Crippen molar-refractivity contribution in [3.63, 3.8) is 0 Å². The molecule has 19 heavy (non-hydrogen) atoms. The van der Waals surface area contributed by atoms with E-state index in [-0.39, 0.29) is 17.6 Å². The molecule has 0 unspecified atom stereocenters. The summed E-state index contributed by atoms with van der Waals surface area (Å²) < 4.78 is 0. The van der Waals surface area contributed by atoms with E-state index in [0.29, 0.717) is 5.56 Å². The number of benzene rings is 1. The van der Waals surface area contributed by atoms with Crippen molar-refractivity contribution in [1.82, 2.24) is 0 Å². The van der Waals surface area contributed by atoms with Gasteiger partial charge >= 0.3 is 5.97 Å². The number of carbonyl (C=O) groups excluding carboxylic acids is 1. The number of Topliss-reactive ketones (excluding diaryl/α,β-unsaturated/α-hetero) is 1. The van der Waals surface area contributed by atoms with E-state index in [4.69, 9.17) is 0 Å². The van der Waals surface area contributed by atoms with Crippen molar-refractivity contribution in [2.75, 3.05) is 5.32 Å². The third-order valence-corrected chi connectivity index (χ3v) is 4.04. The molecular formula is C15H15NO3. The molecule has 98 valence electrons. The summed E-state index contributed by atoms with van der Waals surface area (Å²) in [5, 5.41) is 12.4. The van der Waals surface area contributed by atoms with Gasteiger partial charge in [0.05, 0.1) is 0 Å². The van der Waals surface area contributed by atoms with Gasteiger partial charge < -0.3 is 10.4 Å². The summed E-state index contributed by atoms with van der Waals surface area (Å²) in [6, 6.07) is 4.88. The van der Waals surface area contributed by atoms with Crippen LogP contribution in [0.3, 0.4) is 0 Å². The molecule has 3 atom stereocenters. The summed E-state index contributed by atoms with van der Waals surface area (Å²) in [5.74, 6) is -0.662. The number of allylic oxidation sites excluding steroid dienone is 2. The monoisotopic (exact) mass is 257 g/mol. The first-order valence-corrected chi connectivity index (χ1v) is 6.39. The standard InChI is InChI=1S/C15H15NO3/c1-8(17)9-5-6-13-12(7-9)10-3-2-4-11(10)14(16-13)15(18)19/h2-3,5-7,10-11,14,16H,4H2,1H3,(H,18,19)/t10-,11+,14+/m0/s1. The predicted molar refractivity (Wildman–Crippen MR) is 71.5 cm³/mol. The van der Waals surface area contributed by atoms with Crippen LogP contribution in [0.2, 0.25) is 0 Å². The van der Waals surface area contributed by atoms with Gasteiger partial charge in [-0.1, -0.05) is 12.2 Å². The van der Waals surface area contributed by atoms with E-state index in [1.54, 1.807) is 13.0 Å². The topological polar surface area (TPSA) is 66.4 Å². The number of hydrogen-bond donors (Lipinski definition) is 2. The molecule has 1 heterocycles. The highest BCUT2D eigenvalue weighted by atomic mass is 16.4. The van der Waals surface area contributed by atoms with E-state index in [1.165, 1.54) is 0 Å². The molecule has 0 spiro atoms. The molecule has 1 aromatic carbocycles. The summed E-state index contributed by atoms with van der Waals surface area (Å²) in [5.41, 5.74) is 2.53. The second-order valence-corrected chi connectivity index (χ2v) is 5.17. The third-order valence-electron chi connectivity index (χ3n) is 4.04. The van der Waals surface area contributed by atoms with Crippen molar-refractivity contribution in [3.8, 4) is 0 Å². The molecule has 4 heteroatoms. The number of hydrogen-bond acceptors (Lipinski definition) is 3. The van der Waals surface area contributed by atoms with Crippen LogP contribution in [0.25, 0.3) is 0 Å². The minimum Gasteiger partial charge on any atom is -0.480 e. The quantitative estimate of drug-likeness (QED) is 0.630. The van der Waals surface area contributed by atoms with E-state index >= 15 is 0 Å². The number of aliphatic carboxylic acids is 1. The summed E-state index contributed by atoms with van der Waals surface area (Å²) >= 11 is 0. The molecule has 0 saturated carbocycles. The van der Waals surface area contributed by atoms with Crippen molar-refractivity contribution in [1.29, 1.82) is 0 Å². The average Bonchev–Trinajstić information content (AvgIpc) is 2.86. The molecule has 0 radical (unpaired) electrons. The van der Waals surface area contributed by atoms with Crippen molar-refractivity contribution < 1.29 is 14.7 Å². The zero-order valence-electron chi connectivity index (χ0n) is 10.6. The van der Waals surface area contributed by atoms with E-state index < -0.39 is 12.0 Å². The van der Waals surface area contributed by atoms with Gasteiger partial charge in [-0.15, -0.1) is 0 Å². The molecule has 1 aromatic rings. The van der Waals surface area contributed by atoms with Crippen LogP contribution in [0.1, 0.15) is 35.2 Å². The molecule has 0 saturated heterocycles. The first-order chi connectivity index (χ1) is 9.08. The maximum atomic E-state index is 11.5. The number of carboxylic acids is 1. The maximum absolute atomic E-state index is 11.5. The maximum Gasteiger partial charge on any atom is 0.326 e. The Bertz CT molecular complexity index is 591. The van der Waals surface area contributed by atoms with Gasteiger partial charge in [0.2, 0.25) is 0 Å². The number of ketones is 1. The first-order valence-electron chi connectivity index (χ1n) is 6.39. The summed E-state index contributed by atoms with van der Waals surface area (Å²) in [6.07, 6.45) is 4.85. The number of rotatable bonds is 2. The molecule has 0 aromatic heterocycles. The highest BCUT2D eigenvalue weighted by Crippen LogP contribution is 2.44. The van der Waals surface area contributed by atoms with Gasteiger partial charge in [-0.2, -0.15) is 0 Å². The number of fused-ring (bicyclic) bond motifs is 3. The molecule has 0 bridgehead atoms. The number of nitrogens with one attached hydrogen (secondary N) is 1. The molecule has 0 fully saturated rings. The Balaban J connectivity index is 2.08. The molecule has 2 aliphatic rings. The lowest BCUT2D eigenvalue weighted by molar-refractivity contribution is -0.139. The van der Waals surface area contributed by atoms with Crippen LogP contribution < -0.4 is 5.32 Å². The lowest BCUT2D eigenvalue weighted by Crippen LogP contribution is -2.41. The number of carboxylic acid groups (broad SMARTS) is 1. The molecule has 1 aliphatic carbocycles. The second-order valence-electron chi connectivity index (χ2n) is 5.17. The largest absolute Gasteiger partial charge is 0.480 e. The Labute approximate surface area is 111 Å². The van der Waals surface area contributed by atoms with Crippen molar-refractivity contribution in [2.24, 2.45) is 5.92 Å². The van der Waals surface area contributed by atoms with Crippen LogP contribution in [-0.4, -0.2) is 22.9 Å². The molecule has 0 amide bonds. The Kier molecular flexibility index (Phi) is 2.66. The second kappa shape index (κ2) is 4.23. The number of carbonyl (C=O) groups is 2. The Morgan fingerprint density at radius 3 is 2.84 bits per heavy atom. The fourth-order valence-corrected chi connectivity index (χ4v) is 3.06. The minimum absolute atomic E-state index is 0.0293. The third kappa shape index (κ3) is 1.84. The highest BCUT2D eigenvalue weighted by molar-refractivity contribution is 5.95. The summed E-state index contributed by atoms with van der Waals surface area (Å²) in [7, 11) is 0. The normalized spacial score (nSPS) is 27.3. The van der Waals surface area contributed by atoms with Gasteiger partial charge in [-0.25, -0.2) is 4.79 Å². The SMILES string of the molecule is CC(=O)c1ccc2c(c1)[C@H]1C=CC[C@H]1[C@H](C(=O)O)N2. The summed E-state index contributed by atoms with van der Waals surface area (Å²) in [4.78, 5) is 22.8. The predicted octanol–water partition coefficient (Wildman–Crippen LogP) is 2.43. The van der Waals surface area contributed by atoms with Crippen LogP contribution >= 0.6 is 0 Å². The van der Waals surface area contributed by atoms with Gasteiger partial charge in [0.25, 0.3) is 0 Å². The van der Waals surface area contributed by atoms with E-state index in [1.807, 2.05) is 18.2 Å². The van der Waals surface area contributed by atoms with Gasteiger partial charge in [-0.3, -0.25) is 4.79 Å². The zero-order chi connectivity index (χ0) is 13.6. The lowest BCUT2D eigenvalue weighted by Gasteiger charge is -2.34. The smallest absolute Gasteiger partial charge is 0.326 e. The van der Waals surface area contributed by atoms with Gasteiger partial charge in [0.1, 0.15) is 6.04 Å². The van der Waals surface area contributed by atoms with Gasteiger partial charge in [0, 0.05) is 23.1 Å². The first kappa shape index (κ1) is 12.0. The Hall–Kier alpha value is -2.10. The van der Waals surface area contributed by atoms with E-state index in [9.17, 15) is 14.7 Å². The Morgan fingerprint density at radius 2 is 2.16 bits per heavy atom. The molecule has 3 rings (SSSR count). The van der Waals surface area contributed by atoms with E-state index in [2.05, 4.69) is 11.4 Å². The molecule has 4 nitrogen and oxygen atoms in total. The summed E-state index contributed by atoms with van der Waals surface area (Å²) in [6.45, 7) is 1.54. The molecule has 1 aliphatic heterocycles. The van der Waals surface area contributed by atoms with Crippen molar-refractivity contribution >= 4 is 17.4 Å². The highest BCUT2D eigenvalue weighted by Gasteiger charge is 2.40. The van der Waals surface area contributed by atoms with E-state index in [0.717, 1.165) is 17.7 Å². The molecular weight excluding hydrogens is 242 g/mol. The lowest BCUT2D eigenvalue weighted by atomic mass is 9.79. The van der Waals surface area contributed by atoms with Crippen LogP contribution in [-0.2, 0) is 4.79 Å². The fraction of sp³-hybridized carbons (Fsp3) is 0.333. The van der Waals surface area contributed by atoms with Crippen LogP contribution in [0.4, 0.5) is 5.69 Å². The zero-order valence-corrected chi connectivity index (χ0v) is 10.6. The number of anilines is 1. The minimum atomic E-state index is -0.819. The van der Waals surface area contributed by atoms with Crippen molar-refractivity contribution in [2.45, 2.75) is 25.3 Å². The average molecular weight is 257 g/mol. The molecule has 2 N–H and O–H groups in total. The Morgan fingerprint density at radius 1 is 1.37 bits per heavy atom. The van der Waals surface area contributed by atoms with Crippen LogP contribution in [0.5, 0.6) is 0 Å². The van der Waals surface area contributed by atoms with Crippen LogP contribution in [0.15, 0.2) is 30.4 Å². The van der Waals surface area contributed by atoms with Gasteiger partial charge in [0.15, 0.2) is 5.78 Å².